The van der Waals surface area contributed by atoms with Crippen molar-refractivity contribution in [2.24, 2.45) is 0 Å². The number of thiazole rings is 1. The molecule has 1 amide bonds. The van der Waals surface area contributed by atoms with Gasteiger partial charge in [-0.25, -0.2) is 4.98 Å². The molecule has 3 rings (SSSR count). The number of carbonyl (C=O) groups excluding carboxylic acids is 1. The van der Waals surface area contributed by atoms with E-state index in [-0.39, 0.29) is 11.9 Å². The first kappa shape index (κ1) is 18.1. The van der Waals surface area contributed by atoms with Gasteiger partial charge in [0, 0.05) is 5.38 Å². The minimum Gasteiger partial charge on any atom is -0.486 e. The Balaban J connectivity index is 1.72. The summed E-state index contributed by atoms with van der Waals surface area (Å²) in [5.74, 6) is 0.415. The first-order valence-corrected chi connectivity index (χ1v) is 9.42. The van der Waals surface area contributed by atoms with Crippen LogP contribution >= 0.6 is 11.3 Å². The number of rotatable bonds is 6. The van der Waals surface area contributed by atoms with Gasteiger partial charge in [-0.15, -0.1) is 11.3 Å². The average molecular weight is 366 g/mol. The Bertz CT molecular complexity index is 904. The lowest BCUT2D eigenvalue weighted by atomic mass is 10.0. The molecule has 1 atom stereocenters. The molecule has 134 valence electrons. The number of benzene rings is 2. The molecule has 0 aliphatic heterocycles. The van der Waals surface area contributed by atoms with Crippen molar-refractivity contribution in [1.82, 2.24) is 10.3 Å². The molecule has 5 heteroatoms. The number of para-hydroxylation sites is 1. The molecule has 0 saturated carbocycles. The molecular weight excluding hydrogens is 344 g/mol. The van der Waals surface area contributed by atoms with Gasteiger partial charge in [-0.1, -0.05) is 36.4 Å². The topological polar surface area (TPSA) is 51.2 Å². The number of hydrogen-bond acceptors (Lipinski definition) is 4. The summed E-state index contributed by atoms with van der Waals surface area (Å²) in [4.78, 5) is 17.2. The molecule has 1 N–H and O–H groups in total. The minimum atomic E-state index is -0.147. The molecule has 1 heterocycles. The van der Waals surface area contributed by atoms with E-state index in [2.05, 4.69) is 10.3 Å². The minimum absolute atomic E-state index is 0.0852. The van der Waals surface area contributed by atoms with Crippen LogP contribution in [0.5, 0.6) is 5.75 Å². The number of hydrogen-bond donors (Lipinski definition) is 1. The summed E-state index contributed by atoms with van der Waals surface area (Å²) >= 11 is 1.59. The number of nitrogens with one attached hydrogen (secondary N) is 1. The predicted octanol–water partition coefficient (Wildman–Crippen LogP) is 4.83. The van der Waals surface area contributed by atoms with Gasteiger partial charge in [-0.05, 0) is 44.0 Å². The van der Waals surface area contributed by atoms with Gasteiger partial charge >= 0.3 is 0 Å². The van der Waals surface area contributed by atoms with Crippen LogP contribution in [0.4, 0.5) is 0 Å². The maximum Gasteiger partial charge on any atom is 0.255 e. The van der Waals surface area contributed by atoms with Crippen LogP contribution in [-0.4, -0.2) is 10.9 Å². The third kappa shape index (κ3) is 4.29. The zero-order chi connectivity index (χ0) is 18.5. The second-order valence-electron chi connectivity index (χ2n) is 6.19. The van der Waals surface area contributed by atoms with Crippen molar-refractivity contribution in [2.75, 3.05) is 0 Å². The van der Waals surface area contributed by atoms with Crippen LogP contribution in [0.3, 0.4) is 0 Å². The number of ether oxygens (including phenoxy) is 1. The highest BCUT2D eigenvalue weighted by molar-refractivity contribution is 7.09. The second kappa shape index (κ2) is 8.15. The van der Waals surface area contributed by atoms with Crippen molar-refractivity contribution in [3.05, 3.63) is 81.3 Å². The summed E-state index contributed by atoms with van der Waals surface area (Å²) in [5, 5.41) is 6.04. The quantitative estimate of drug-likeness (QED) is 0.680. The summed E-state index contributed by atoms with van der Waals surface area (Å²) in [6, 6.07) is 15.3. The van der Waals surface area contributed by atoms with Crippen molar-refractivity contribution in [2.45, 2.75) is 33.4 Å². The summed E-state index contributed by atoms with van der Waals surface area (Å²) in [6.45, 7) is 6.34. The molecule has 0 spiro atoms. The van der Waals surface area contributed by atoms with Gasteiger partial charge < -0.3 is 10.1 Å². The van der Waals surface area contributed by atoms with Crippen molar-refractivity contribution < 1.29 is 9.53 Å². The van der Waals surface area contributed by atoms with Gasteiger partial charge in [-0.3, -0.25) is 4.79 Å². The molecule has 0 fully saturated rings. The molecule has 0 radical (unpaired) electrons. The molecule has 0 bridgehead atoms. The van der Waals surface area contributed by atoms with Gasteiger partial charge in [0.2, 0.25) is 0 Å². The Morgan fingerprint density at radius 3 is 2.62 bits per heavy atom. The highest BCUT2D eigenvalue weighted by Gasteiger charge is 2.16. The molecule has 2 aromatic carbocycles. The lowest BCUT2D eigenvalue weighted by Crippen LogP contribution is -2.27. The Morgan fingerprint density at radius 2 is 1.88 bits per heavy atom. The van der Waals surface area contributed by atoms with E-state index in [4.69, 9.17) is 4.74 Å². The fourth-order valence-corrected chi connectivity index (χ4v) is 3.43. The van der Waals surface area contributed by atoms with E-state index in [0.717, 1.165) is 21.8 Å². The molecule has 0 aliphatic carbocycles. The third-order valence-electron chi connectivity index (χ3n) is 4.18. The number of carbonyl (C=O) groups is 1. The third-order valence-corrected chi connectivity index (χ3v) is 5.00. The maximum atomic E-state index is 12.8. The largest absolute Gasteiger partial charge is 0.486 e. The highest BCUT2D eigenvalue weighted by atomic mass is 32.1. The fraction of sp³-hybridized carbons (Fsp3) is 0.238. The molecule has 4 nitrogen and oxygen atoms in total. The van der Waals surface area contributed by atoms with E-state index in [1.807, 2.05) is 68.6 Å². The monoisotopic (exact) mass is 366 g/mol. The summed E-state index contributed by atoms with van der Waals surface area (Å²) in [6.07, 6.45) is 0. The molecule has 1 aromatic heterocycles. The molecular formula is C21H22N2O2S. The Kier molecular flexibility index (Phi) is 5.68. The van der Waals surface area contributed by atoms with Crippen LogP contribution in [0.25, 0.3) is 0 Å². The van der Waals surface area contributed by atoms with Crippen LogP contribution in [0, 0.1) is 13.8 Å². The predicted molar refractivity (Wildman–Crippen MR) is 105 cm³/mol. The smallest absolute Gasteiger partial charge is 0.255 e. The number of aryl methyl sites for hydroxylation is 2. The van der Waals surface area contributed by atoms with E-state index < -0.39 is 0 Å². The van der Waals surface area contributed by atoms with Gasteiger partial charge in [0.25, 0.3) is 5.91 Å². The molecule has 3 aromatic rings. The highest BCUT2D eigenvalue weighted by Crippen LogP contribution is 2.22. The number of amides is 1. The van der Waals surface area contributed by atoms with Gasteiger partial charge in [-0.2, -0.15) is 0 Å². The Labute approximate surface area is 157 Å². The van der Waals surface area contributed by atoms with Crippen molar-refractivity contribution in [3.8, 4) is 5.75 Å². The van der Waals surface area contributed by atoms with Gasteiger partial charge in [0.15, 0.2) is 0 Å². The van der Waals surface area contributed by atoms with Crippen LogP contribution < -0.4 is 10.1 Å². The van der Waals surface area contributed by atoms with Gasteiger partial charge in [0.05, 0.1) is 22.3 Å². The van der Waals surface area contributed by atoms with Crippen LogP contribution in [-0.2, 0) is 6.61 Å². The first-order chi connectivity index (χ1) is 12.5. The van der Waals surface area contributed by atoms with Crippen LogP contribution in [0.1, 0.15) is 45.2 Å². The molecule has 0 saturated heterocycles. The van der Waals surface area contributed by atoms with Crippen molar-refractivity contribution >= 4 is 17.2 Å². The van der Waals surface area contributed by atoms with E-state index in [1.165, 1.54) is 0 Å². The summed E-state index contributed by atoms with van der Waals surface area (Å²) < 4.78 is 5.85. The Hall–Kier alpha value is -2.66. The van der Waals surface area contributed by atoms with Crippen molar-refractivity contribution in [3.63, 3.8) is 0 Å². The summed E-state index contributed by atoms with van der Waals surface area (Å²) in [5.41, 5.74) is 3.66. The molecule has 0 aliphatic rings. The van der Waals surface area contributed by atoms with E-state index in [9.17, 15) is 4.79 Å². The fourth-order valence-electron chi connectivity index (χ4n) is 2.83. The molecule has 1 unspecified atom stereocenters. The Morgan fingerprint density at radius 1 is 1.15 bits per heavy atom. The zero-order valence-electron chi connectivity index (χ0n) is 15.2. The maximum absolute atomic E-state index is 12.8. The van der Waals surface area contributed by atoms with E-state index >= 15 is 0 Å². The number of nitrogens with zero attached hydrogens (tertiary/aromatic N) is 1. The average Bonchev–Trinajstić information content (AvgIpc) is 3.05. The van der Waals surface area contributed by atoms with Crippen LogP contribution in [0.15, 0.2) is 53.9 Å². The first-order valence-electron chi connectivity index (χ1n) is 8.54. The van der Waals surface area contributed by atoms with Gasteiger partial charge in [0.1, 0.15) is 12.4 Å². The standard InChI is InChI=1S/C21H22N2O2S/c1-14-8-4-5-9-18(14)15(2)22-21(24)19-10-6-7-11-20(19)25-12-17-13-26-16(3)23-17/h4-11,13,15H,12H2,1-3H3,(H,22,24). The van der Waals surface area contributed by atoms with E-state index in [0.29, 0.717) is 17.9 Å². The molecule has 26 heavy (non-hydrogen) atoms. The second-order valence-corrected chi connectivity index (χ2v) is 7.26. The normalized spacial score (nSPS) is 11.8. The van der Waals surface area contributed by atoms with Crippen LogP contribution in [0.2, 0.25) is 0 Å². The SMILES string of the molecule is Cc1nc(COc2ccccc2C(=O)NC(C)c2ccccc2C)cs1. The number of aromatic nitrogens is 1. The van der Waals surface area contributed by atoms with E-state index in [1.54, 1.807) is 17.4 Å². The lowest BCUT2D eigenvalue weighted by Gasteiger charge is -2.18. The lowest BCUT2D eigenvalue weighted by molar-refractivity contribution is 0.0935. The van der Waals surface area contributed by atoms with Crippen molar-refractivity contribution in [1.29, 1.82) is 0 Å². The summed E-state index contributed by atoms with van der Waals surface area (Å²) in [7, 11) is 0. The zero-order valence-corrected chi connectivity index (χ0v) is 16.0.